The Balaban J connectivity index is 0.000000248. The summed E-state index contributed by atoms with van der Waals surface area (Å²) in [5, 5.41) is 0.481. The van der Waals surface area contributed by atoms with E-state index in [2.05, 4.69) is 83.1 Å². The van der Waals surface area contributed by atoms with Crippen LogP contribution in [0.5, 0.6) is 11.5 Å². The average molecular weight is 757 g/mol. The molecule has 0 unspecified atom stereocenters. The van der Waals surface area contributed by atoms with E-state index in [0.29, 0.717) is 16.8 Å². The van der Waals surface area contributed by atoms with Crippen molar-refractivity contribution in [3.63, 3.8) is 0 Å². The molecule has 2 aromatic carbocycles. The van der Waals surface area contributed by atoms with Crippen LogP contribution in [0.15, 0.2) is 94.1 Å². The minimum absolute atomic E-state index is 0.464. The third-order valence-electron chi connectivity index (χ3n) is 6.52. The fourth-order valence-corrected chi connectivity index (χ4v) is 4.64. The number of methoxy groups -OCH3 is 2. The van der Waals surface area contributed by atoms with E-state index in [4.69, 9.17) is 37.5 Å². The van der Waals surface area contributed by atoms with Crippen LogP contribution in [0, 0.1) is 20.8 Å². The Hall–Kier alpha value is -3.86. The summed E-state index contributed by atoms with van der Waals surface area (Å²) in [7, 11) is 3.36. The van der Waals surface area contributed by atoms with Gasteiger partial charge in [-0.15, -0.1) is 0 Å². The summed E-state index contributed by atoms with van der Waals surface area (Å²) >= 11 is 12.4. The molecular formula is C34H37Br2ClN6O2. The number of hydrogen-bond acceptors (Lipinski definition) is 8. The molecular weight excluding hydrogens is 720 g/mol. The van der Waals surface area contributed by atoms with Crippen LogP contribution >= 0.6 is 43.5 Å². The fraction of sp³-hybridized carbons (Fsp3) is 0.206. The van der Waals surface area contributed by atoms with Gasteiger partial charge in [-0.2, -0.15) is 0 Å². The Labute approximate surface area is 287 Å². The van der Waals surface area contributed by atoms with Gasteiger partial charge in [0.2, 0.25) is 0 Å². The second-order valence-electron chi connectivity index (χ2n) is 10.0. The Bertz CT molecular complexity index is 1570. The molecule has 3 aromatic heterocycles. The number of anilines is 3. The van der Waals surface area contributed by atoms with Gasteiger partial charge in [-0.3, -0.25) is 0 Å². The van der Waals surface area contributed by atoms with E-state index in [9.17, 15) is 0 Å². The van der Waals surface area contributed by atoms with Crippen LogP contribution in [-0.4, -0.2) is 29.2 Å². The summed E-state index contributed by atoms with van der Waals surface area (Å²) < 4.78 is 12.2. The smallest absolute Gasteiger partial charge is 0.134 e. The van der Waals surface area contributed by atoms with Crippen molar-refractivity contribution in [1.82, 2.24) is 15.0 Å². The molecule has 3 heterocycles. The monoisotopic (exact) mass is 754 g/mol. The van der Waals surface area contributed by atoms with Crippen molar-refractivity contribution in [2.75, 3.05) is 30.6 Å². The Morgan fingerprint density at radius 1 is 0.600 bits per heavy atom. The molecule has 5 rings (SSSR count). The number of nitrogens with two attached hydrogens (primary N) is 2. The Morgan fingerprint density at radius 2 is 1.02 bits per heavy atom. The van der Waals surface area contributed by atoms with Gasteiger partial charge in [0, 0.05) is 13.1 Å². The molecule has 0 spiro atoms. The molecule has 0 radical (unpaired) electrons. The number of benzene rings is 2. The molecule has 8 nitrogen and oxygen atoms in total. The first-order valence-electron chi connectivity index (χ1n) is 13.9. The first-order valence-corrected chi connectivity index (χ1v) is 15.9. The average Bonchev–Trinajstić information content (AvgIpc) is 3.03. The molecule has 4 N–H and O–H groups in total. The van der Waals surface area contributed by atoms with Gasteiger partial charge in [-0.25, -0.2) is 15.0 Å². The maximum atomic E-state index is 5.62. The lowest BCUT2D eigenvalue weighted by molar-refractivity contribution is 0.414. The SMILES string of the molecule is COc1ccc(CN(Cc2ccc(OC)cc2)c2ccc(C)c(Br)n2)cc1.Cc1ccc(N)nc1Br.Cc1ccc(N)nc1Cl. The van der Waals surface area contributed by atoms with Crippen molar-refractivity contribution < 1.29 is 9.47 Å². The minimum Gasteiger partial charge on any atom is -0.497 e. The highest BCUT2D eigenvalue weighted by Crippen LogP contribution is 2.24. The number of aromatic nitrogens is 3. The summed E-state index contributed by atoms with van der Waals surface area (Å²) in [4.78, 5) is 14.8. The van der Waals surface area contributed by atoms with E-state index in [0.717, 1.165) is 56.3 Å². The van der Waals surface area contributed by atoms with Crippen LogP contribution in [0.25, 0.3) is 0 Å². The molecule has 0 saturated heterocycles. The second kappa shape index (κ2) is 17.6. The normalized spacial score (nSPS) is 10.1. The zero-order valence-corrected chi connectivity index (χ0v) is 29.8. The first-order chi connectivity index (χ1) is 21.5. The highest BCUT2D eigenvalue weighted by Gasteiger charge is 2.12. The lowest BCUT2D eigenvalue weighted by atomic mass is 10.1. The van der Waals surface area contributed by atoms with Crippen LogP contribution in [-0.2, 0) is 13.1 Å². The second-order valence-corrected chi connectivity index (χ2v) is 11.9. The number of rotatable bonds is 7. The largest absolute Gasteiger partial charge is 0.497 e. The maximum Gasteiger partial charge on any atom is 0.134 e. The van der Waals surface area contributed by atoms with Crippen molar-refractivity contribution in [3.8, 4) is 11.5 Å². The molecule has 0 atom stereocenters. The van der Waals surface area contributed by atoms with E-state index in [1.54, 1.807) is 26.4 Å². The zero-order valence-electron chi connectivity index (χ0n) is 25.9. The standard InChI is InChI=1S/C22H23BrN2O2.C6H7BrN2.C6H7ClN2/c1-16-4-13-21(24-22(16)23)25(14-17-5-9-19(26-2)10-6-17)15-18-7-11-20(27-3)12-8-18;2*1-4-2-3-5(8)9-6(4)7/h4-13H,14-15H2,1-3H3;2*2-3H,1H3,(H2,8,9). The third kappa shape index (κ3) is 11.5. The molecule has 0 amide bonds. The number of nitrogens with zero attached hydrogens (tertiary/aromatic N) is 4. The van der Waals surface area contributed by atoms with Crippen molar-refractivity contribution in [2.45, 2.75) is 33.9 Å². The highest BCUT2D eigenvalue weighted by molar-refractivity contribution is 9.10. The number of aryl methyl sites for hydroxylation is 3. The predicted octanol–water partition coefficient (Wildman–Crippen LogP) is 8.74. The Morgan fingerprint density at radius 3 is 1.40 bits per heavy atom. The summed E-state index contributed by atoms with van der Waals surface area (Å²) in [6, 6.07) is 27.7. The van der Waals surface area contributed by atoms with Crippen molar-refractivity contribution >= 4 is 60.9 Å². The molecule has 0 fully saturated rings. The van der Waals surface area contributed by atoms with Gasteiger partial charge in [-0.05, 0) is 123 Å². The molecule has 0 aliphatic heterocycles. The van der Waals surface area contributed by atoms with Gasteiger partial charge >= 0.3 is 0 Å². The molecule has 0 bridgehead atoms. The number of halogens is 3. The summed E-state index contributed by atoms with van der Waals surface area (Å²) in [6.07, 6.45) is 0. The van der Waals surface area contributed by atoms with E-state index >= 15 is 0 Å². The van der Waals surface area contributed by atoms with Crippen LogP contribution in [0.4, 0.5) is 17.5 Å². The molecule has 0 saturated carbocycles. The van der Waals surface area contributed by atoms with E-state index in [1.807, 2.05) is 57.2 Å². The summed E-state index contributed by atoms with van der Waals surface area (Å²) in [5.41, 5.74) is 16.3. The topological polar surface area (TPSA) is 112 Å². The van der Waals surface area contributed by atoms with Gasteiger partial charge in [0.1, 0.15) is 43.3 Å². The molecule has 11 heteroatoms. The van der Waals surface area contributed by atoms with Crippen LogP contribution in [0.3, 0.4) is 0 Å². The van der Waals surface area contributed by atoms with Gasteiger partial charge < -0.3 is 25.8 Å². The zero-order chi connectivity index (χ0) is 32.9. The number of ether oxygens (including phenoxy) is 2. The van der Waals surface area contributed by atoms with E-state index < -0.39 is 0 Å². The highest BCUT2D eigenvalue weighted by atomic mass is 79.9. The predicted molar refractivity (Wildman–Crippen MR) is 192 cm³/mol. The number of nitrogen functional groups attached to an aromatic ring is 2. The van der Waals surface area contributed by atoms with Gasteiger partial charge in [0.15, 0.2) is 0 Å². The molecule has 0 aliphatic rings. The van der Waals surface area contributed by atoms with Crippen LogP contribution in [0.2, 0.25) is 5.15 Å². The number of pyridine rings is 3. The first kappa shape index (κ1) is 35.6. The third-order valence-corrected chi connectivity index (χ3v) is 8.51. The minimum atomic E-state index is 0.464. The quantitative estimate of drug-likeness (QED) is 0.159. The van der Waals surface area contributed by atoms with Crippen molar-refractivity contribution in [2.24, 2.45) is 0 Å². The van der Waals surface area contributed by atoms with Crippen LogP contribution in [0.1, 0.15) is 27.8 Å². The molecule has 45 heavy (non-hydrogen) atoms. The number of hydrogen-bond donors (Lipinski definition) is 2. The molecule has 236 valence electrons. The molecule has 5 aromatic rings. The van der Waals surface area contributed by atoms with Gasteiger partial charge in [-0.1, -0.05) is 54.1 Å². The van der Waals surface area contributed by atoms with Crippen molar-refractivity contribution in [1.29, 1.82) is 0 Å². The lowest BCUT2D eigenvalue weighted by Crippen LogP contribution is -2.23. The lowest BCUT2D eigenvalue weighted by Gasteiger charge is -2.25. The summed E-state index contributed by atoms with van der Waals surface area (Å²) in [5.74, 6) is 3.66. The maximum absolute atomic E-state index is 5.62. The Kier molecular flexibility index (Phi) is 13.9. The van der Waals surface area contributed by atoms with Crippen molar-refractivity contribution in [3.05, 3.63) is 127 Å². The fourth-order valence-electron chi connectivity index (χ4n) is 3.83. The summed E-state index contributed by atoms with van der Waals surface area (Å²) in [6.45, 7) is 7.39. The van der Waals surface area contributed by atoms with Gasteiger partial charge in [0.25, 0.3) is 0 Å². The van der Waals surface area contributed by atoms with E-state index in [1.165, 1.54) is 11.1 Å². The van der Waals surface area contributed by atoms with Gasteiger partial charge in [0.05, 0.1) is 14.2 Å². The van der Waals surface area contributed by atoms with Crippen LogP contribution < -0.4 is 25.8 Å². The van der Waals surface area contributed by atoms with E-state index in [-0.39, 0.29) is 0 Å². The molecule has 0 aliphatic carbocycles.